The van der Waals surface area contributed by atoms with E-state index in [1.165, 1.54) is 36.8 Å². The van der Waals surface area contributed by atoms with Crippen molar-refractivity contribution in [3.63, 3.8) is 0 Å². The highest BCUT2D eigenvalue weighted by Crippen LogP contribution is 2.26. The monoisotopic (exact) mass is 571 g/mol. The number of thiophene rings is 1. The minimum absolute atomic E-state index is 0.104. The van der Waals surface area contributed by atoms with Crippen LogP contribution in [0.4, 0.5) is 17.1 Å². The quantitative estimate of drug-likeness (QED) is 0.126. The molecule has 11 heteroatoms. The van der Waals surface area contributed by atoms with Crippen LogP contribution in [0.2, 0.25) is 0 Å². The van der Waals surface area contributed by atoms with Crippen LogP contribution < -0.4 is 21.3 Å². The number of rotatable bonds is 12. The second-order valence-corrected chi connectivity index (χ2v) is 10.7. The highest BCUT2D eigenvalue weighted by Gasteiger charge is 2.15. The number of benzene rings is 2. The Balaban J connectivity index is 1.18. The summed E-state index contributed by atoms with van der Waals surface area (Å²) in [6.45, 7) is 3.91. The molecule has 0 radical (unpaired) electrons. The predicted octanol–water partition coefficient (Wildman–Crippen LogP) is 5.72. The van der Waals surface area contributed by atoms with E-state index in [1.54, 1.807) is 30.5 Å². The Morgan fingerprint density at radius 3 is 2.73 bits per heavy atom. The summed E-state index contributed by atoms with van der Waals surface area (Å²) in [7, 11) is 0. The molecule has 1 saturated heterocycles. The number of carbonyl (C=O) groups excluding carboxylic acids is 1. The van der Waals surface area contributed by atoms with Gasteiger partial charge >= 0.3 is 5.82 Å². The highest BCUT2D eigenvalue weighted by molar-refractivity contribution is 7.12. The molecular weight excluding hydrogens is 538 g/mol. The van der Waals surface area contributed by atoms with Crippen molar-refractivity contribution in [3.05, 3.63) is 105 Å². The van der Waals surface area contributed by atoms with Crippen molar-refractivity contribution < 1.29 is 9.72 Å². The Labute approximate surface area is 242 Å². The zero-order chi connectivity index (χ0) is 28.4. The number of nitrogens with zero attached hydrogens (tertiary/aromatic N) is 3. The molecule has 10 nitrogen and oxygen atoms in total. The summed E-state index contributed by atoms with van der Waals surface area (Å²) in [4.78, 5) is 31.6. The molecule has 2 aromatic heterocycles. The summed E-state index contributed by atoms with van der Waals surface area (Å²) in [5.74, 6) is -0.340. The number of fused-ring (bicyclic) bond motifs is 1. The molecule has 0 aliphatic carbocycles. The van der Waals surface area contributed by atoms with Crippen LogP contribution in [0, 0.1) is 10.1 Å². The molecule has 212 valence electrons. The Kier molecular flexibility index (Phi) is 9.40. The Bertz CT molecular complexity index is 1530. The lowest BCUT2D eigenvalue weighted by Crippen LogP contribution is -2.36. The van der Waals surface area contributed by atoms with Crippen molar-refractivity contribution in [2.24, 2.45) is 0 Å². The molecule has 3 heterocycles. The first-order valence-corrected chi connectivity index (χ1v) is 14.6. The molecule has 4 N–H and O–H groups in total. The number of nitro groups is 1. The SMILES string of the molecule is O=C(Nc1cccc(NC=C(NCCN2CCCCC2)[N+](=O)[O-])c1)c1sccc1NCc1ccnc2ccccc12. The third kappa shape index (κ3) is 7.59. The molecule has 2 aromatic carbocycles. The number of nitrogens with one attached hydrogen (secondary N) is 4. The third-order valence-corrected chi connectivity index (χ3v) is 7.87. The van der Waals surface area contributed by atoms with Gasteiger partial charge in [-0.1, -0.05) is 30.7 Å². The van der Waals surface area contributed by atoms with Gasteiger partial charge in [-0.3, -0.25) is 20.0 Å². The van der Waals surface area contributed by atoms with E-state index in [0.29, 0.717) is 29.3 Å². The lowest BCUT2D eigenvalue weighted by Gasteiger charge is -2.25. The van der Waals surface area contributed by atoms with Crippen LogP contribution in [0.3, 0.4) is 0 Å². The zero-order valence-electron chi connectivity index (χ0n) is 22.6. The van der Waals surface area contributed by atoms with Crippen LogP contribution in [0.5, 0.6) is 0 Å². The summed E-state index contributed by atoms with van der Waals surface area (Å²) in [6.07, 6.45) is 6.75. The van der Waals surface area contributed by atoms with E-state index >= 15 is 0 Å². The van der Waals surface area contributed by atoms with Gasteiger partial charge in [-0.15, -0.1) is 11.3 Å². The van der Waals surface area contributed by atoms with Crippen molar-refractivity contribution in [2.45, 2.75) is 25.8 Å². The molecule has 0 bridgehead atoms. The number of piperidine rings is 1. The first-order chi connectivity index (χ1) is 20.1. The van der Waals surface area contributed by atoms with Crippen LogP contribution in [0.1, 0.15) is 34.5 Å². The minimum Gasteiger partial charge on any atom is -0.380 e. The van der Waals surface area contributed by atoms with Gasteiger partial charge in [-0.25, -0.2) is 0 Å². The smallest absolute Gasteiger partial charge is 0.332 e. The molecule has 0 unspecified atom stereocenters. The van der Waals surface area contributed by atoms with Crippen molar-refractivity contribution in [3.8, 4) is 0 Å². The van der Waals surface area contributed by atoms with Crippen molar-refractivity contribution in [2.75, 3.05) is 42.1 Å². The van der Waals surface area contributed by atoms with Crippen LogP contribution in [0.15, 0.2) is 84.3 Å². The maximum Gasteiger partial charge on any atom is 0.332 e. The number of pyridine rings is 1. The van der Waals surface area contributed by atoms with E-state index in [2.05, 4.69) is 31.2 Å². The average Bonchev–Trinajstić information content (AvgIpc) is 3.47. The van der Waals surface area contributed by atoms with Gasteiger partial charge in [-0.05, 0) is 78.2 Å². The summed E-state index contributed by atoms with van der Waals surface area (Å²) in [5, 5.41) is 26.7. The Morgan fingerprint density at radius 1 is 1.05 bits per heavy atom. The average molecular weight is 572 g/mol. The molecule has 5 rings (SSSR count). The molecule has 1 fully saturated rings. The molecule has 1 aliphatic rings. The second-order valence-electron chi connectivity index (χ2n) is 9.80. The van der Waals surface area contributed by atoms with Gasteiger partial charge in [0.1, 0.15) is 4.88 Å². The highest BCUT2D eigenvalue weighted by atomic mass is 32.1. The van der Waals surface area contributed by atoms with Crippen molar-refractivity contribution in [1.29, 1.82) is 0 Å². The van der Waals surface area contributed by atoms with E-state index in [9.17, 15) is 14.9 Å². The van der Waals surface area contributed by atoms with Crippen LogP contribution in [0.25, 0.3) is 10.9 Å². The largest absolute Gasteiger partial charge is 0.380 e. The predicted molar refractivity (Wildman–Crippen MR) is 165 cm³/mol. The molecule has 0 atom stereocenters. The number of hydrogen-bond donors (Lipinski definition) is 4. The number of para-hydroxylation sites is 1. The third-order valence-electron chi connectivity index (χ3n) is 6.96. The van der Waals surface area contributed by atoms with Crippen molar-refractivity contribution >= 4 is 45.2 Å². The number of aromatic nitrogens is 1. The van der Waals surface area contributed by atoms with E-state index in [0.717, 1.165) is 41.8 Å². The number of amides is 1. The maximum atomic E-state index is 13.1. The normalized spacial score (nSPS) is 14.0. The lowest BCUT2D eigenvalue weighted by atomic mass is 10.1. The maximum absolute atomic E-state index is 13.1. The number of likely N-dealkylation sites (tertiary alicyclic amines) is 1. The van der Waals surface area contributed by atoms with Gasteiger partial charge in [-0.2, -0.15) is 0 Å². The summed E-state index contributed by atoms with van der Waals surface area (Å²) < 4.78 is 0. The first-order valence-electron chi connectivity index (χ1n) is 13.7. The molecule has 41 heavy (non-hydrogen) atoms. The topological polar surface area (TPSA) is 124 Å². The fourth-order valence-corrected chi connectivity index (χ4v) is 5.61. The van der Waals surface area contributed by atoms with Crippen LogP contribution >= 0.6 is 11.3 Å². The molecule has 0 spiro atoms. The van der Waals surface area contributed by atoms with Gasteiger partial charge in [0.05, 0.1) is 23.9 Å². The molecule has 4 aromatic rings. The number of hydrogen-bond acceptors (Lipinski definition) is 9. The van der Waals surface area contributed by atoms with Gasteiger partial charge < -0.3 is 26.1 Å². The summed E-state index contributed by atoms with van der Waals surface area (Å²) >= 11 is 1.36. The number of carbonyl (C=O) groups is 1. The van der Waals surface area contributed by atoms with Gasteiger partial charge in [0.15, 0.2) is 0 Å². The van der Waals surface area contributed by atoms with Crippen LogP contribution in [-0.2, 0) is 6.54 Å². The van der Waals surface area contributed by atoms with Gasteiger partial charge in [0.2, 0.25) is 0 Å². The molecule has 1 aliphatic heterocycles. The molecular formula is C30H33N7O3S. The van der Waals surface area contributed by atoms with Gasteiger partial charge in [0, 0.05) is 36.0 Å². The van der Waals surface area contributed by atoms with Crippen molar-refractivity contribution in [1.82, 2.24) is 15.2 Å². The first kappa shape index (κ1) is 28.1. The number of anilines is 3. The van der Waals surface area contributed by atoms with E-state index in [4.69, 9.17) is 0 Å². The minimum atomic E-state index is -0.436. The fraction of sp³-hybridized carbons (Fsp3) is 0.267. The van der Waals surface area contributed by atoms with E-state index in [-0.39, 0.29) is 11.7 Å². The van der Waals surface area contributed by atoms with E-state index in [1.807, 2.05) is 41.8 Å². The summed E-state index contributed by atoms with van der Waals surface area (Å²) in [5.41, 5.74) is 3.96. The lowest BCUT2D eigenvalue weighted by molar-refractivity contribution is -0.431. The molecule has 0 saturated carbocycles. The molecule has 1 amide bonds. The van der Waals surface area contributed by atoms with E-state index < -0.39 is 4.92 Å². The standard InChI is InChI=1S/C30H33N7O3S/c38-30(29-27(12-18-41-29)34-20-22-11-13-31-26-10-3-2-9-25(22)26)35-24-8-6-7-23(19-24)33-21-28(37(39)40)32-14-17-36-15-4-1-5-16-36/h2-3,6-13,18-19,21,32-34H,1,4-5,14-17,20H2,(H,35,38). The summed E-state index contributed by atoms with van der Waals surface area (Å²) in [6, 6.07) is 18.9. The fourth-order valence-electron chi connectivity index (χ4n) is 4.84. The second kappa shape index (κ2) is 13.7. The van der Waals surface area contributed by atoms with Crippen LogP contribution in [-0.4, -0.2) is 46.9 Å². The van der Waals surface area contributed by atoms with Gasteiger partial charge in [0.25, 0.3) is 5.91 Å². The Morgan fingerprint density at radius 2 is 1.88 bits per heavy atom. The zero-order valence-corrected chi connectivity index (χ0v) is 23.5. The Hall–Kier alpha value is -4.48.